The Labute approximate surface area is 123 Å². The average Bonchev–Trinajstić information content (AvgIpc) is 2.79. The predicted octanol–water partition coefficient (Wildman–Crippen LogP) is -0.548. The Kier molecular flexibility index (Phi) is 5.07. The SMILES string of the molecule is COCCNc1cnc(C(=O)NC2CCS(=O)(=O)C2)cn1. The summed E-state index contributed by atoms with van der Waals surface area (Å²) in [6, 6.07) is -0.344. The summed E-state index contributed by atoms with van der Waals surface area (Å²) in [7, 11) is -1.41. The number of rotatable bonds is 6. The van der Waals surface area contributed by atoms with E-state index in [9.17, 15) is 13.2 Å². The molecule has 1 fully saturated rings. The van der Waals surface area contributed by atoms with Gasteiger partial charge in [-0.15, -0.1) is 0 Å². The second-order valence-electron chi connectivity index (χ2n) is 4.78. The Morgan fingerprint density at radius 1 is 1.43 bits per heavy atom. The van der Waals surface area contributed by atoms with Crippen LogP contribution < -0.4 is 10.6 Å². The van der Waals surface area contributed by atoms with E-state index >= 15 is 0 Å². The van der Waals surface area contributed by atoms with E-state index in [0.29, 0.717) is 25.4 Å². The van der Waals surface area contributed by atoms with Crippen molar-refractivity contribution in [3.63, 3.8) is 0 Å². The molecule has 0 saturated carbocycles. The molecule has 1 amide bonds. The Bertz CT molecular complexity index is 588. The molecule has 1 aromatic rings. The van der Waals surface area contributed by atoms with Gasteiger partial charge in [0.2, 0.25) is 0 Å². The van der Waals surface area contributed by atoms with Gasteiger partial charge in [0.1, 0.15) is 11.5 Å². The third-order valence-electron chi connectivity index (χ3n) is 3.06. The summed E-state index contributed by atoms with van der Waals surface area (Å²) in [5.74, 6) is 0.245. The van der Waals surface area contributed by atoms with E-state index in [1.807, 2.05) is 0 Å². The van der Waals surface area contributed by atoms with Gasteiger partial charge >= 0.3 is 0 Å². The van der Waals surface area contributed by atoms with Crippen LogP contribution in [0.4, 0.5) is 5.82 Å². The van der Waals surface area contributed by atoms with Crippen LogP contribution in [0.3, 0.4) is 0 Å². The first-order valence-corrected chi connectivity index (χ1v) is 8.38. The molecule has 1 saturated heterocycles. The van der Waals surface area contributed by atoms with Crippen molar-refractivity contribution in [3.05, 3.63) is 18.1 Å². The van der Waals surface area contributed by atoms with Gasteiger partial charge in [-0.3, -0.25) is 4.79 Å². The van der Waals surface area contributed by atoms with Crippen molar-refractivity contribution < 1.29 is 17.9 Å². The number of nitrogens with one attached hydrogen (secondary N) is 2. The third kappa shape index (κ3) is 4.64. The monoisotopic (exact) mass is 314 g/mol. The van der Waals surface area contributed by atoms with Crippen LogP contribution in [0.2, 0.25) is 0 Å². The zero-order chi connectivity index (χ0) is 15.3. The lowest BCUT2D eigenvalue weighted by atomic mass is 10.2. The molecule has 0 radical (unpaired) electrons. The first kappa shape index (κ1) is 15.6. The maximum atomic E-state index is 11.9. The first-order chi connectivity index (χ1) is 10.00. The Balaban J connectivity index is 1.88. The molecule has 1 aromatic heterocycles. The number of hydrogen-bond donors (Lipinski definition) is 2. The van der Waals surface area contributed by atoms with Gasteiger partial charge in [-0.1, -0.05) is 0 Å². The van der Waals surface area contributed by atoms with Crippen LogP contribution in [0.5, 0.6) is 0 Å². The van der Waals surface area contributed by atoms with Gasteiger partial charge in [0.15, 0.2) is 9.84 Å². The molecule has 2 rings (SSSR count). The maximum absolute atomic E-state index is 11.9. The highest BCUT2D eigenvalue weighted by atomic mass is 32.2. The lowest BCUT2D eigenvalue weighted by molar-refractivity contribution is 0.0935. The number of aromatic nitrogens is 2. The van der Waals surface area contributed by atoms with Crippen molar-refractivity contribution in [1.82, 2.24) is 15.3 Å². The zero-order valence-corrected chi connectivity index (χ0v) is 12.5. The summed E-state index contributed by atoms with van der Waals surface area (Å²) in [5, 5.41) is 5.65. The van der Waals surface area contributed by atoms with Crippen molar-refractivity contribution in [2.24, 2.45) is 0 Å². The molecule has 1 unspecified atom stereocenters. The fourth-order valence-corrected chi connectivity index (χ4v) is 3.66. The molecule has 0 aromatic carbocycles. The predicted molar refractivity (Wildman–Crippen MR) is 76.9 cm³/mol. The molecule has 0 spiro atoms. The number of anilines is 1. The molecule has 21 heavy (non-hydrogen) atoms. The zero-order valence-electron chi connectivity index (χ0n) is 11.7. The highest BCUT2D eigenvalue weighted by molar-refractivity contribution is 7.91. The topological polar surface area (TPSA) is 110 Å². The summed E-state index contributed by atoms with van der Waals surface area (Å²) < 4.78 is 27.6. The fourth-order valence-electron chi connectivity index (χ4n) is 1.99. The van der Waals surface area contributed by atoms with Crippen molar-refractivity contribution in [2.45, 2.75) is 12.5 Å². The Morgan fingerprint density at radius 3 is 2.81 bits per heavy atom. The van der Waals surface area contributed by atoms with Crippen molar-refractivity contribution >= 4 is 21.6 Å². The molecule has 2 heterocycles. The third-order valence-corrected chi connectivity index (χ3v) is 4.83. The van der Waals surface area contributed by atoms with E-state index in [0.717, 1.165) is 0 Å². The van der Waals surface area contributed by atoms with Gasteiger partial charge in [-0.05, 0) is 6.42 Å². The second-order valence-corrected chi connectivity index (χ2v) is 7.01. The highest BCUT2D eigenvalue weighted by Crippen LogP contribution is 2.11. The van der Waals surface area contributed by atoms with Crippen molar-refractivity contribution in [1.29, 1.82) is 0 Å². The number of carbonyl (C=O) groups excluding carboxylic acids is 1. The normalized spacial score (nSPS) is 20.1. The van der Waals surface area contributed by atoms with E-state index in [2.05, 4.69) is 20.6 Å². The maximum Gasteiger partial charge on any atom is 0.271 e. The number of nitrogens with zero attached hydrogens (tertiary/aromatic N) is 2. The van der Waals surface area contributed by atoms with Crippen LogP contribution >= 0.6 is 0 Å². The van der Waals surface area contributed by atoms with E-state index < -0.39 is 15.7 Å². The molecular formula is C12H18N4O4S. The standard InChI is InChI=1S/C12H18N4O4S/c1-20-4-3-13-11-7-14-10(6-15-11)12(17)16-9-2-5-21(18,19)8-9/h6-7,9H,2-5,8H2,1H3,(H,13,15)(H,16,17). The molecule has 0 aliphatic carbocycles. The van der Waals surface area contributed by atoms with Crippen LogP contribution in [0.15, 0.2) is 12.4 Å². The molecule has 1 atom stereocenters. The van der Waals surface area contributed by atoms with Gasteiger partial charge in [0.05, 0.1) is 30.5 Å². The van der Waals surface area contributed by atoms with Gasteiger partial charge in [-0.2, -0.15) is 0 Å². The van der Waals surface area contributed by atoms with E-state index in [1.54, 1.807) is 7.11 Å². The molecule has 0 bridgehead atoms. The lowest BCUT2D eigenvalue weighted by Crippen LogP contribution is -2.36. The first-order valence-electron chi connectivity index (χ1n) is 6.56. The molecule has 1 aliphatic heterocycles. The molecular weight excluding hydrogens is 296 g/mol. The van der Waals surface area contributed by atoms with Crippen LogP contribution in [0.25, 0.3) is 0 Å². The second kappa shape index (κ2) is 6.81. The quantitative estimate of drug-likeness (QED) is 0.678. The van der Waals surface area contributed by atoms with Gasteiger partial charge < -0.3 is 15.4 Å². The summed E-state index contributed by atoms with van der Waals surface area (Å²) in [6.07, 6.45) is 3.25. The highest BCUT2D eigenvalue weighted by Gasteiger charge is 2.29. The Morgan fingerprint density at radius 2 is 2.24 bits per heavy atom. The fraction of sp³-hybridized carbons (Fsp3) is 0.583. The molecule has 116 valence electrons. The van der Waals surface area contributed by atoms with Gasteiger partial charge in [0.25, 0.3) is 5.91 Å². The summed E-state index contributed by atoms with van der Waals surface area (Å²) >= 11 is 0. The lowest BCUT2D eigenvalue weighted by Gasteiger charge is -2.10. The molecule has 9 heteroatoms. The van der Waals surface area contributed by atoms with Gasteiger partial charge in [0, 0.05) is 19.7 Å². The van der Waals surface area contributed by atoms with E-state index in [4.69, 9.17) is 4.74 Å². The van der Waals surface area contributed by atoms with Crippen LogP contribution in [-0.4, -0.2) is 62.1 Å². The number of sulfone groups is 1. The van der Waals surface area contributed by atoms with Crippen LogP contribution in [0, 0.1) is 0 Å². The Hall–Kier alpha value is -1.74. The molecule has 8 nitrogen and oxygen atoms in total. The smallest absolute Gasteiger partial charge is 0.271 e. The van der Waals surface area contributed by atoms with E-state index in [-0.39, 0.29) is 23.2 Å². The minimum atomic E-state index is -3.02. The summed E-state index contributed by atoms with van der Waals surface area (Å²) in [4.78, 5) is 20.0. The van der Waals surface area contributed by atoms with E-state index in [1.165, 1.54) is 12.4 Å². The van der Waals surface area contributed by atoms with Gasteiger partial charge in [-0.25, -0.2) is 18.4 Å². The minimum absolute atomic E-state index is 0.0111. The number of amides is 1. The minimum Gasteiger partial charge on any atom is -0.383 e. The summed E-state index contributed by atoms with van der Waals surface area (Å²) in [5.41, 5.74) is 0.164. The number of ether oxygens (including phenoxy) is 1. The number of hydrogen-bond acceptors (Lipinski definition) is 7. The van der Waals surface area contributed by atoms with Crippen molar-refractivity contribution in [3.8, 4) is 0 Å². The van der Waals surface area contributed by atoms with Crippen LogP contribution in [0.1, 0.15) is 16.9 Å². The molecule has 2 N–H and O–H groups in total. The van der Waals surface area contributed by atoms with Crippen molar-refractivity contribution in [2.75, 3.05) is 37.1 Å². The number of methoxy groups -OCH3 is 1. The summed E-state index contributed by atoms with van der Waals surface area (Å²) in [6.45, 7) is 1.14. The average molecular weight is 314 g/mol. The number of carbonyl (C=O) groups is 1. The van der Waals surface area contributed by atoms with Crippen LogP contribution in [-0.2, 0) is 14.6 Å². The molecule has 1 aliphatic rings. The largest absolute Gasteiger partial charge is 0.383 e.